The van der Waals surface area contributed by atoms with E-state index in [0.717, 1.165) is 11.3 Å². The number of nitrogens with one attached hydrogen (secondary N) is 2. The van der Waals surface area contributed by atoms with Crippen LogP contribution in [0.3, 0.4) is 0 Å². The van der Waals surface area contributed by atoms with Crippen LogP contribution in [-0.2, 0) is 15.4 Å². The largest absolute Gasteiger partial charge is 0.357 e. The lowest BCUT2D eigenvalue weighted by Gasteiger charge is -2.13. The van der Waals surface area contributed by atoms with Gasteiger partial charge in [-0.05, 0) is 18.2 Å². The van der Waals surface area contributed by atoms with E-state index < -0.39 is 15.8 Å². The molecule has 0 atom stereocenters. The lowest BCUT2D eigenvalue weighted by atomic mass is 9.98. The van der Waals surface area contributed by atoms with Crippen molar-refractivity contribution in [3.8, 4) is 21.8 Å². The number of thiazole rings is 1. The van der Waals surface area contributed by atoms with Gasteiger partial charge in [0.15, 0.2) is 5.82 Å². The first-order valence-electron chi connectivity index (χ1n) is 8.88. The van der Waals surface area contributed by atoms with Crippen LogP contribution in [0.1, 0.15) is 25.8 Å². The zero-order chi connectivity index (χ0) is 22.3. The smallest absolute Gasteiger partial charge is 0.229 e. The Morgan fingerprint density at radius 1 is 1.20 bits per heavy atom. The number of halogens is 2. The summed E-state index contributed by atoms with van der Waals surface area (Å²) in [5, 5.41) is 3.82. The predicted octanol–water partition coefficient (Wildman–Crippen LogP) is 4.77. The second-order valence-corrected chi connectivity index (χ2v) is 10.8. The predicted molar refractivity (Wildman–Crippen MR) is 120 cm³/mol. The first-order chi connectivity index (χ1) is 13.9. The van der Waals surface area contributed by atoms with Gasteiger partial charge in [-0.1, -0.05) is 32.4 Å². The molecule has 0 bridgehead atoms. The maximum absolute atomic E-state index is 15.3. The fraction of sp³-hybridized carbons (Fsp3) is 0.316. The van der Waals surface area contributed by atoms with E-state index >= 15 is 4.39 Å². The topological polar surface area (TPSA) is 96.9 Å². The van der Waals surface area contributed by atoms with Crippen molar-refractivity contribution in [2.75, 3.05) is 23.3 Å². The molecule has 160 valence electrons. The monoisotopic (exact) mass is 469 g/mol. The molecular weight excluding hydrogens is 449 g/mol. The van der Waals surface area contributed by atoms with Gasteiger partial charge < -0.3 is 5.32 Å². The molecule has 2 N–H and O–H groups in total. The zero-order valence-electron chi connectivity index (χ0n) is 17.0. The third-order valence-electron chi connectivity index (χ3n) is 3.97. The van der Waals surface area contributed by atoms with Crippen LogP contribution in [0.4, 0.5) is 16.0 Å². The molecule has 2 aromatic heterocycles. The van der Waals surface area contributed by atoms with Gasteiger partial charge in [-0.15, -0.1) is 11.3 Å². The standard InChI is InChI=1S/C19H21ClFN5O2S2/c1-19(2,3)17-25-15(16(29-17)12-6-7-23-18(22-4)24-12)11-8-10(20)9-13(14(11)21)26-30(5,27)28/h6-9,26H,1-5H3,(H,22,23,24). The van der Waals surface area contributed by atoms with Gasteiger partial charge in [0.05, 0.1) is 33.2 Å². The van der Waals surface area contributed by atoms with Crippen LogP contribution in [0, 0.1) is 5.82 Å². The van der Waals surface area contributed by atoms with Gasteiger partial charge in [-0.25, -0.2) is 27.8 Å². The molecule has 30 heavy (non-hydrogen) atoms. The average molecular weight is 470 g/mol. The third-order valence-corrected chi connectivity index (χ3v) is 6.28. The van der Waals surface area contributed by atoms with Crippen LogP contribution in [0.2, 0.25) is 5.02 Å². The minimum Gasteiger partial charge on any atom is -0.357 e. The van der Waals surface area contributed by atoms with Crippen molar-refractivity contribution in [3.05, 3.63) is 40.2 Å². The van der Waals surface area contributed by atoms with Crippen molar-refractivity contribution in [1.82, 2.24) is 15.0 Å². The summed E-state index contributed by atoms with van der Waals surface area (Å²) in [5.74, 6) is -0.352. The molecule has 0 saturated carbocycles. The summed E-state index contributed by atoms with van der Waals surface area (Å²) < 4.78 is 40.8. The molecule has 3 aromatic rings. The van der Waals surface area contributed by atoms with Crippen LogP contribution >= 0.6 is 22.9 Å². The number of anilines is 2. The van der Waals surface area contributed by atoms with Crippen molar-refractivity contribution in [3.63, 3.8) is 0 Å². The normalized spacial score (nSPS) is 12.1. The van der Waals surface area contributed by atoms with E-state index in [-0.39, 0.29) is 21.7 Å². The van der Waals surface area contributed by atoms with Crippen molar-refractivity contribution < 1.29 is 12.8 Å². The average Bonchev–Trinajstić information content (AvgIpc) is 3.09. The van der Waals surface area contributed by atoms with Crippen molar-refractivity contribution in [1.29, 1.82) is 0 Å². The van der Waals surface area contributed by atoms with E-state index in [0.29, 0.717) is 22.2 Å². The number of hydrogen-bond acceptors (Lipinski definition) is 7. The summed E-state index contributed by atoms with van der Waals surface area (Å²) in [6.07, 6.45) is 2.54. The van der Waals surface area contributed by atoms with Crippen molar-refractivity contribution in [2.45, 2.75) is 26.2 Å². The number of nitrogens with zero attached hydrogens (tertiary/aromatic N) is 3. The summed E-state index contributed by atoms with van der Waals surface area (Å²) >= 11 is 7.57. The Morgan fingerprint density at radius 3 is 2.50 bits per heavy atom. The SMILES string of the molecule is CNc1nccc(-c2sc(C(C)(C)C)nc2-c2cc(Cl)cc(NS(C)(=O)=O)c2F)n1. The molecule has 0 radical (unpaired) electrons. The van der Waals surface area contributed by atoms with E-state index in [2.05, 4.69) is 25.0 Å². The summed E-state index contributed by atoms with van der Waals surface area (Å²) in [6, 6.07) is 4.36. The molecule has 0 fully saturated rings. The lowest BCUT2D eigenvalue weighted by molar-refractivity contribution is 0.585. The molecule has 0 spiro atoms. The van der Waals surface area contributed by atoms with Gasteiger partial charge >= 0.3 is 0 Å². The first kappa shape index (κ1) is 22.4. The van der Waals surface area contributed by atoms with Gasteiger partial charge in [0.25, 0.3) is 0 Å². The highest BCUT2D eigenvalue weighted by atomic mass is 35.5. The van der Waals surface area contributed by atoms with Crippen molar-refractivity contribution in [2.24, 2.45) is 0 Å². The van der Waals surface area contributed by atoms with E-state index in [9.17, 15) is 8.42 Å². The number of sulfonamides is 1. The summed E-state index contributed by atoms with van der Waals surface area (Å²) in [6.45, 7) is 6.01. The van der Waals surface area contributed by atoms with Crippen LogP contribution in [0.15, 0.2) is 24.4 Å². The van der Waals surface area contributed by atoms with Gasteiger partial charge in [0.1, 0.15) is 0 Å². The lowest BCUT2D eigenvalue weighted by Crippen LogP contribution is -2.12. The fourth-order valence-corrected chi connectivity index (χ4v) is 4.51. The Hall–Kier alpha value is -2.30. The molecule has 1 aromatic carbocycles. The van der Waals surface area contributed by atoms with Gasteiger partial charge in [-0.3, -0.25) is 4.72 Å². The van der Waals surface area contributed by atoms with Gasteiger partial charge in [-0.2, -0.15) is 0 Å². The molecule has 0 saturated heterocycles. The summed E-state index contributed by atoms with van der Waals surface area (Å²) in [7, 11) is -2.00. The Balaban J connectivity index is 2.29. The van der Waals surface area contributed by atoms with Crippen LogP contribution in [0.25, 0.3) is 21.8 Å². The zero-order valence-corrected chi connectivity index (χ0v) is 19.4. The molecule has 0 unspecified atom stereocenters. The minimum absolute atomic E-state index is 0.0834. The highest BCUT2D eigenvalue weighted by molar-refractivity contribution is 7.92. The molecule has 0 aliphatic carbocycles. The molecule has 7 nitrogen and oxygen atoms in total. The molecule has 0 aliphatic rings. The van der Waals surface area contributed by atoms with Gasteiger partial charge in [0.2, 0.25) is 16.0 Å². The van der Waals surface area contributed by atoms with E-state index in [1.165, 1.54) is 23.5 Å². The summed E-state index contributed by atoms with van der Waals surface area (Å²) in [5.41, 5.74) is 0.450. The second kappa shape index (κ2) is 8.09. The van der Waals surface area contributed by atoms with Gasteiger partial charge in [0, 0.05) is 29.2 Å². The van der Waals surface area contributed by atoms with Crippen LogP contribution in [-0.4, -0.2) is 36.7 Å². The molecule has 2 heterocycles. The molecule has 0 amide bonds. The van der Waals surface area contributed by atoms with Crippen LogP contribution in [0.5, 0.6) is 0 Å². The van der Waals surface area contributed by atoms with Crippen LogP contribution < -0.4 is 10.0 Å². The number of benzene rings is 1. The Bertz CT molecular complexity index is 1210. The van der Waals surface area contributed by atoms with E-state index in [1.54, 1.807) is 19.3 Å². The number of rotatable bonds is 5. The molecular formula is C19H21ClFN5O2S2. The maximum Gasteiger partial charge on any atom is 0.229 e. The first-order valence-corrected chi connectivity index (χ1v) is 12.0. The number of hydrogen-bond donors (Lipinski definition) is 2. The van der Waals surface area contributed by atoms with Crippen molar-refractivity contribution >= 4 is 44.6 Å². The fourth-order valence-electron chi connectivity index (χ4n) is 2.64. The number of aromatic nitrogens is 3. The van der Waals surface area contributed by atoms with E-state index in [4.69, 9.17) is 11.6 Å². The van der Waals surface area contributed by atoms with E-state index in [1.807, 2.05) is 20.8 Å². The molecule has 11 heteroatoms. The minimum atomic E-state index is -3.70. The third kappa shape index (κ3) is 4.88. The Morgan fingerprint density at radius 2 is 1.90 bits per heavy atom. The quantitative estimate of drug-likeness (QED) is 0.558. The Kier molecular flexibility index (Phi) is 6.03. The maximum atomic E-state index is 15.3. The molecule has 3 rings (SSSR count). The second-order valence-electron chi connectivity index (χ2n) is 7.65. The highest BCUT2D eigenvalue weighted by Crippen LogP contribution is 2.42. The Labute approximate surface area is 183 Å². The molecule has 0 aliphatic heterocycles. The summed E-state index contributed by atoms with van der Waals surface area (Å²) in [4.78, 5) is 13.9. The highest BCUT2D eigenvalue weighted by Gasteiger charge is 2.26.